The van der Waals surface area contributed by atoms with E-state index in [1.165, 1.54) is 84.9 Å². The molecule has 7 aromatic carbocycles. The lowest BCUT2D eigenvalue weighted by Crippen LogP contribution is -2.65. The van der Waals surface area contributed by atoms with Crippen molar-refractivity contribution in [1.29, 1.82) is 0 Å². The Bertz CT molecular complexity index is 3200. The van der Waals surface area contributed by atoms with Crippen LogP contribution in [0.1, 0.15) is 72.5 Å². The van der Waals surface area contributed by atoms with Gasteiger partial charge in [-0.05, 0) is 84.9 Å². The largest absolute Gasteiger partial charge is 0.488 e. The van der Waals surface area contributed by atoms with E-state index in [9.17, 15) is 33.6 Å². The van der Waals surface area contributed by atoms with Gasteiger partial charge in [-0.3, -0.25) is 0 Å². The van der Waals surface area contributed by atoms with Gasteiger partial charge in [0.05, 0.1) is 38.9 Å². The average molecular weight is 1050 g/mol. The zero-order valence-corrected chi connectivity index (χ0v) is 41.3. The first-order valence-electron chi connectivity index (χ1n) is 24.5. The summed E-state index contributed by atoms with van der Waals surface area (Å²) in [5.74, 6) is -6.81. The number of esters is 7. The van der Waals surface area contributed by atoms with Crippen molar-refractivity contribution >= 4 is 41.8 Å². The third kappa shape index (κ3) is 13.4. The molecule has 0 bridgehead atoms. The number of carbonyl (C=O) groups is 7. The summed E-state index contributed by atoms with van der Waals surface area (Å²) >= 11 is 0. The average Bonchev–Trinajstić information content (AvgIpc) is 3.61. The zero-order chi connectivity index (χ0) is 54.2. The van der Waals surface area contributed by atoms with E-state index < -0.39 is 110 Å². The summed E-state index contributed by atoms with van der Waals surface area (Å²) in [5, 5.41) is 0. The second-order valence-electron chi connectivity index (χ2n) is 17.4. The van der Waals surface area contributed by atoms with Crippen LogP contribution in [0.4, 0.5) is 0 Å². The van der Waals surface area contributed by atoms with Gasteiger partial charge in [-0.1, -0.05) is 127 Å². The maximum Gasteiger partial charge on any atom is 0.343 e. The first-order chi connectivity index (χ1) is 38.1. The molecule has 78 heavy (non-hydrogen) atoms. The summed E-state index contributed by atoms with van der Waals surface area (Å²) in [5.41, 5.74) is 0.560. The summed E-state index contributed by atoms with van der Waals surface area (Å²) in [7, 11) is 0. The SMILES string of the molecule is O=C(OC[C@H]1O[C@@H](O[C@H]2[C@H](OC(=O)c3ccccc3)C(OC(=O)c3ccccc3)=CO[C@@H]2COC(=O)c2ccccc2)[C@H](OC(=O)c2ccccc2)[C@@H](OC(=O)c2ccccc2)[C@H]1OC(=O)c1ccccc1)c1ccccc1. The topological polar surface area (TPSA) is 212 Å². The minimum Gasteiger partial charge on any atom is -0.488 e. The molecule has 0 aliphatic carbocycles. The molecule has 1 fully saturated rings. The van der Waals surface area contributed by atoms with Crippen molar-refractivity contribution < 1.29 is 80.9 Å². The lowest BCUT2D eigenvalue weighted by Gasteiger charge is -2.46. The lowest BCUT2D eigenvalue weighted by molar-refractivity contribution is -0.322. The second-order valence-corrected chi connectivity index (χ2v) is 17.4. The van der Waals surface area contributed by atoms with Gasteiger partial charge in [0.2, 0.25) is 0 Å². The van der Waals surface area contributed by atoms with Crippen LogP contribution in [0.3, 0.4) is 0 Å². The van der Waals surface area contributed by atoms with E-state index in [-0.39, 0.29) is 38.9 Å². The van der Waals surface area contributed by atoms with Crippen LogP contribution in [-0.2, 0) is 47.4 Å². The number of hydrogen-bond acceptors (Lipinski definition) is 17. The number of ether oxygens (including phenoxy) is 10. The molecular weight excluding hydrogens is 1000 g/mol. The van der Waals surface area contributed by atoms with Crippen molar-refractivity contribution in [2.24, 2.45) is 0 Å². The highest BCUT2D eigenvalue weighted by Gasteiger charge is 2.56. The molecule has 2 aliphatic rings. The number of carbonyl (C=O) groups excluding carboxylic acids is 7. The molecule has 0 amide bonds. The quantitative estimate of drug-likeness (QED) is 0.0580. The van der Waals surface area contributed by atoms with Gasteiger partial charge in [0.1, 0.15) is 31.7 Å². The minimum atomic E-state index is -2.01. The Kier molecular flexibility index (Phi) is 17.5. The van der Waals surface area contributed by atoms with Crippen LogP contribution < -0.4 is 0 Å². The van der Waals surface area contributed by atoms with Crippen molar-refractivity contribution in [3.8, 4) is 0 Å². The molecule has 0 unspecified atom stereocenters. The molecule has 7 aromatic rings. The fourth-order valence-electron chi connectivity index (χ4n) is 8.26. The van der Waals surface area contributed by atoms with Gasteiger partial charge >= 0.3 is 41.8 Å². The van der Waals surface area contributed by atoms with E-state index in [0.29, 0.717) is 0 Å². The maximum absolute atomic E-state index is 14.4. The molecule has 17 heteroatoms. The van der Waals surface area contributed by atoms with E-state index in [1.807, 2.05) is 0 Å². The molecule has 0 saturated carbocycles. The molecule has 8 atom stereocenters. The number of rotatable bonds is 18. The fraction of sp³-hybridized carbons (Fsp3) is 0.164. The maximum atomic E-state index is 14.4. The lowest BCUT2D eigenvalue weighted by atomic mass is 9.97. The molecular formula is C61H48O17. The van der Waals surface area contributed by atoms with Crippen molar-refractivity contribution in [3.63, 3.8) is 0 Å². The first-order valence-corrected chi connectivity index (χ1v) is 24.5. The summed E-state index contributed by atoms with van der Waals surface area (Å²) in [6, 6.07) is 54.9. The van der Waals surface area contributed by atoms with Gasteiger partial charge in [0, 0.05) is 0 Å². The number of benzene rings is 7. The van der Waals surface area contributed by atoms with Crippen LogP contribution in [0.5, 0.6) is 0 Å². The highest BCUT2D eigenvalue weighted by Crippen LogP contribution is 2.36. The predicted octanol–water partition coefficient (Wildman–Crippen LogP) is 8.81. The van der Waals surface area contributed by atoms with Crippen LogP contribution in [0, 0.1) is 0 Å². The first kappa shape index (κ1) is 53.1. The van der Waals surface area contributed by atoms with Crippen LogP contribution in [-0.4, -0.2) is 104 Å². The van der Waals surface area contributed by atoms with Crippen molar-refractivity contribution in [2.45, 2.75) is 49.0 Å². The van der Waals surface area contributed by atoms with Gasteiger partial charge in [-0.25, -0.2) is 33.6 Å². The highest BCUT2D eigenvalue weighted by atomic mass is 16.8. The summed E-state index contributed by atoms with van der Waals surface area (Å²) in [6.07, 6.45) is -13.3. The molecule has 17 nitrogen and oxygen atoms in total. The predicted molar refractivity (Wildman–Crippen MR) is 274 cm³/mol. The minimum absolute atomic E-state index is 0.0144. The van der Waals surface area contributed by atoms with Gasteiger partial charge in [-0.2, -0.15) is 0 Å². The van der Waals surface area contributed by atoms with Crippen LogP contribution in [0.25, 0.3) is 0 Å². The fourth-order valence-corrected chi connectivity index (χ4v) is 8.26. The molecule has 9 rings (SSSR count). The third-order valence-corrected chi connectivity index (χ3v) is 12.2. The summed E-state index contributed by atoms with van der Waals surface area (Å²) in [4.78, 5) is 98.4. The van der Waals surface area contributed by atoms with Crippen LogP contribution in [0.2, 0.25) is 0 Å². The van der Waals surface area contributed by atoms with Gasteiger partial charge < -0.3 is 47.4 Å². The van der Waals surface area contributed by atoms with Crippen LogP contribution in [0.15, 0.2) is 224 Å². The Balaban J connectivity index is 1.18. The molecule has 2 heterocycles. The molecule has 2 aliphatic heterocycles. The number of hydrogen-bond donors (Lipinski definition) is 0. The van der Waals surface area contributed by atoms with Gasteiger partial charge in [-0.15, -0.1) is 0 Å². The van der Waals surface area contributed by atoms with Gasteiger partial charge in [0.25, 0.3) is 0 Å². The highest BCUT2D eigenvalue weighted by molar-refractivity contribution is 5.93. The van der Waals surface area contributed by atoms with E-state index in [1.54, 1.807) is 127 Å². The second kappa shape index (κ2) is 25.7. The Morgan fingerprint density at radius 3 is 1.05 bits per heavy atom. The monoisotopic (exact) mass is 1050 g/mol. The van der Waals surface area contributed by atoms with Crippen molar-refractivity contribution in [1.82, 2.24) is 0 Å². The summed E-state index contributed by atoms with van der Waals surface area (Å²) in [6.45, 7) is -1.35. The van der Waals surface area contributed by atoms with E-state index in [2.05, 4.69) is 0 Å². The Morgan fingerprint density at radius 1 is 0.333 bits per heavy atom. The molecule has 394 valence electrons. The molecule has 0 N–H and O–H groups in total. The standard InChI is InChI=1S/C61H48O17/c62-54(39-22-8-1-9-23-39)70-36-46-49(50(74-57(65)42-28-14-4-15-29-42)47(37-69-46)72-56(64)41-26-12-3-13-27-41)78-61-53(77-60(68)45-34-20-7-21-35-45)52(76-59(67)44-32-18-6-19-33-44)51(75-58(66)43-30-16-5-17-31-43)48(73-61)38-71-55(63)40-24-10-2-11-25-40/h1-35,37,46,48-53,61H,36,38H2/t46-,48-,49-,50-,51+,52+,53-,61+/m1/s1. The van der Waals surface area contributed by atoms with Crippen LogP contribution >= 0.6 is 0 Å². The molecule has 1 saturated heterocycles. The molecule has 0 spiro atoms. The van der Waals surface area contributed by atoms with E-state index in [4.69, 9.17) is 47.4 Å². The van der Waals surface area contributed by atoms with Crippen molar-refractivity contribution in [2.75, 3.05) is 13.2 Å². The van der Waals surface area contributed by atoms with E-state index >= 15 is 0 Å². The molecule has 0 aromatic heterocycles. The molecule has 0 radical (unpaired) electrons. The van der Waals surface area contributed by atoms with Gasteiger partial charge in [0.15, 0.2) is 42.6 Å². The zero-order valence-electron chi connectivity index (χ0n) is 41.3. The Morgan fingerprint density at radius 2 is 0.654 bits per heavy atom. The van der Waals surface area contributed by atoms with Crippen molar-refractivity contribution in [3.05, 3.63) is 263 Å². The van der Waals surface area contributed by atoms with E-state index in [0.717, 1.165) is 6.26 Å². The Labute approximate surface area is 446 Å². The Hall–Kier alpha value is -9.71. The smallest absolute Gasteiger partial charge is 0.343 e. The summed E-state index contributed by atoms with van der Waals surface area (Å²) < 4.78 is 62.2. The third-order valence-electron chi connectivity index (χ3n) is 12.2. The normalized spacial score (nSPS) is 20.4.